The van der Waals surface area contributed by atoms with Gasteiger partial charge in [0.1, 0.15) is 5.75 Å². The Balaban J connectivity index is 2.16. The van der Waals surface area contributed by atoms with Gasteiger partial charge in [-0.3, -0.25) is 4.79 Å². The molecule has 2 rings (SSSR count). The molecule has 0 aliphatic heterocycles. The van der Waals surface area contributed by atoms with Crippen molar-refractivity contribution in [1.29, 1.82) is 0 Å². The molecule has 0 heterocycles. The van der Waals surface area contributed by atoms with E-state index in [1.807, 2.05) is 32.0 Å². The first-order chi connectivity index (χ1) is 10.0. The Morgan fingerprint density at radius 3 is 2.52 bits per heavy atom. The summed E-state index contributed by atoms with van der Waals surface area (Å²) in [6.07, 6.45) is 0. The van der Waals surface area contributed by atoms with E-state index >= 15 is 0 Å². The molecule has 0 atom stereocenters. The van der Waals surface area contributed by atoms with Gasteiger partial charge in [-0.25, -0.2) is 0 Å². The van der Waals surface area contributed by atoms with Crippen molar-refractivity contribution in [3.05, 3.63) is 56.5 Å². The molecule has 2 aromatic rings. The van der Waals surface area contributed by atoms with Gasteiger partial charge in [0, 0.05) is 15.7 Å². The molecule has 1 amide bonds. The fourth-order valence-electron chi connectivity index (χ4n) is 1.84. The highest BCUT2D eigenvalue weighted by Gasteiger charge is 2.10. The van der Waals surface area contributed by atoms with Crippen molar-refractivity contribution in [2.45, 2.75) is 13.8 Å². The second-order valence-electron chi connectivity index (χ2n) is 4.50. The number of rotatable bonds is 4. The summed E-state index contributed by atoms with van der Waals surface area (Å²) in [5, 5.41) is 2.88. The van der Waals surface area contributed by atoms with Crippen molar-refractivity contribution in [3.8, 4) is 5.75 Å². The van der Waals surface area contributed by atoms with Gasteiger partial charge in [-0.05, 0) is 71.7 Å². The Bertz CT molecular complexity index is 671. The Morgan fingerprint density at radius 2 is 1.90 bits per heavy atom. The number of benzene rings is 2. The molecule has 0 aliphatic rings. The average molecular weight is 413 g/mol. The molecular formula is C16H15Br2NO2. The molecule has 0 saturated carbocycles. The molecule has 0 saturated heterocycles. The number of anilines is 1. The minimum atomic E-state index is -0.152. The van der Waals surface area contributed by atoms with Crippen LogP contribution in [0.25, 0.3) is 0 Å². The minimum absolute atomic E-state index is 0.152. The van der Waals surface area contributed by atoms with E-state index in [1.165, 1.54) is 0 Å². The quantitative estimate of drug-likeness (QED) is 0.751. The van der Waals surface area contributed by atoms with Gasteiger partial charge in [-0.15, -0.1) is 0 Å². The van der Waals surface area contributed by atoms with Crippen LogP contribution < -0.4 is 10.1 Å². The Morgan fingerprint density at radius 1 is 1.14 bits per heavy atom. The van der Waals surface area contributed by atoms with E-state index < -0.39 is 0 Å². The van der Waals surface area contributed by atoms with Crippen molar-refractivity contribution >= 4 is 43.5 Å². The van der Waals surface area contributed by atoms with Crippen LogP contribution in [0, 0.1) is 6.92 Å². The van der Waals surface area contributed by atoms with E-state index in [4.69, 9.17) is 4.74 Å². The summed E-state index contributed by atoms with van der Waals surface area (Å²) >= 11 is 6.85. The second-order valence-corrected chi connectivity index (χ2v) is 6.20. The van der Waals surface area contributed by atoms with Crippen molar-refractivity contribution in [3.63, 3.8) is 0 Å². The monoisotopic (exact) mass is 411 g/mol. The number of carbonyl (C=O) groups is 1. The summed E-state index contributed by atoms with van der Waals surface area (Å²) in [7, 11) is 0. The van der Waals surface area contributed by atoms with Crippen molar-refractivity contribution < 1.29 is 9.53 Å². The van der Waals surface area contributed by atoms with Crippen LogP contribution in [0.3, 0.4) is 0 Å². The zero-order valence-electron chi connectivity index (χ0n) is 11.7. The molecule has 110 valence electrons. The summed E-state index contributed by atoms with van der Waals surface area (Å²) < 4.78 is 7.22. The summed E-state index contributed by atoms with van der Waals surface area (Å²) in [6.45, 7) is 4.48. The first kappa shape index (κ1) is 16.0. The largest absolute Gasteiger partial charge is 0.493 e. The predicted octanol–water partition coefficient (Wildman–Crippen LogP) is 5.17. The van der Waals surface area contributed by atoms with Crippen LogP contribution >= 0.6 is 31.9 Å². The normalized spacial score (nSPS) is 10.3. The highest BCUT2D eigenvalue weighted by atomic mass is 79.9. The molecule has 2 aromatic carbocycles. The smallest absolute Gasteiger partial charge is 0.255 e. The Hall–Kier alpha value is -1.33. The van der Waals surface area contributed by atoms with E-state index in [9.17, 15) is 4.79 Å². The van der Waals surface area contributed by atoms with E-state index in [-0.39, 0.29) is 5.91 Å². The van der Waals surface area contributed by atoms with Gasteiger partial charge in [0.25, 0.3) is 5.91 Å². The van der Waals surface area contributed by atoms with E-state index in [0.29, 0.717) is 12.2 Å². The predicted molar refractivity (Wildman–Crippen MR) is 92.1 cm³/mol. The fraction of sp³-hybridized carbons (Fsp3) is 0.188. The molecule has 0 bridgehead atoms. The first-order valence-corrected chi connectivity index (χ1v) is 8.09. The average Bonchev–Trinajstić information content (AvgIpc) is 2.45. The van der Waals surface area contributed by atoms with Gasteiger partial charge < -0.3 is 10.1 Å². The lowest BCUT2D eigenvalue weighted by Crippen LogP contribution is -2.12. The van der Waals surface area contributed by atoms with Crippen molar-refractivity contribution in [1.82, 2.24) is 0 Å². The number of amides is 1. The molecule has 0 radical (unpaired) electrons. The van der Waals surface area contributed by atoms with Crippen LogP contribution in [0.5, 0.6) is 5.75 Å². The number of halogens is 2. The molecule has 0 spiro atoms. The molecule has 21 heavy (non-hydrogen) atoms. The van der Waals surface area contributed by atoms with Gasteiger partial charge in [0.05, 0.1) is 11.1 Å². The van der Waals surface area contributed by atoms with Gasteiger partial charge in [0.15, 0.2) is 0 Å². The summed E-state index contributed by atoms with van der Waals surface area (Å²) in [4.78, 5) is 12.2. The Kier molecular flexibility index (Phi) is 5.42. The standard InChI is InChI=1S/C16H15Br2NO2/c1-3-21-15-7-4-11(9-14(15)18)16(20)19-12-5-6-13(17)10(2)8-12/h4-9H,3H2,1-2H3,(H,19,20). The lowest BCUT2D eigenvalue weighted by atomic mass is 10.2. The van der Waals surface area contributed by atoms with Crippen molar-refractivity contribution in [2.24, 2.45) is 0 Å². The molecule has 0 fully saturated rings. The fourth-order valence-corrected chi connectivity index (χ4v) is 2.58. The third kappa shape index (κ3) is 4.08. The third-order valence-corrected chi connectivity index (χ3v) is 4.42. The van der Waals surface area contributed by atoms with Crippen LogP contribution in [0.2, 0.25) is 0 Å². The maximum Gasteiger partial charge on any atom is 0.255 e. The minimum Gasteiger partial charge on any atom is -0.493 e. The molecule has 5 heteroatoms. The van der Waals surface area contributed by atoms with E-state index in [0.717, 1.165) is 25.9 Å². The number of hydrogen-bond acceptors (Lipinski definition) is 2. The zero-order valence-corrected chi connectivity index (χ0v) is 14.9. The highest BCUT2D eigenvalue weighted by Crippen LogP contribution is 2.26. The molecule has 3 nitrogen and oxygen atoms in total. The maximum absolute atomic E-state index is 12.2. The lowest BCUT2D eigenvalue weighted by molar-refractivity contribution is 0.102. The Labute approximate surface area is 141 Å². The van der Waals surface area contributed by atoms with Crippen molar-refractivity contribution in [2.75, 3.05) is 11.9 Å². The first-order valence-electron chi connectivity index (χ1n) is 6.51. The molecular weight excluding hydrogens is 398 g/mol. The molecule has 0 aromatic heterocycles. The SMILES string of the molecule is CCOc1ccc(C(=O)Nc2ccc(Br)c(C)c2)cc1Br. The van der Waals surface area contributed by atoms with E-state index in [2.05, 4.69) is 37.2 Å². The summed E-state index contributed by atoms with van der Waals surface area (Å²) in [5.41, 5.74) is 2.41. The third-order valence-electron chi connectivity index (χ3n) is 2.91. The van der Waals surface area contributed by atoms with E-state index in [1.54, 1.807) is 18.2 Å². The summed E-state index contributed by atoms with van der Waals surface area (Å²) in [5.74, 6) is 0.578. The molecule has 1 N–H and O–H groups in total. The van der Waals surface area contributed by atoms with Crippen LogP contribution in [0.15, 0.2) is 45.3 Å². The van der Waals surface area contributed by atoms with Crippen LogP contribution in [0.1, 0.15) is 22.8 Å². The van der Waals surface area contributed by atoms with Crippen LogP contribution in [-0.2, 0) is 0 Å². The van der Waals surface area contributed by atoms with Crippen LogP contribution in [-0.4, -0.2) is 12.5 Å². The number of ether oxygens (including phenoxy) is 1. The van der Waals surface area contributed by atoms with Gasteiger partial charge in [-0.1, -0.05) is 15.9 Å². The molecule has 0 unspecified atom stereocenters. The van der Waals surface area contributed by atoms with Crippen LogP contribution in [0.4, 0.5) is 5.69 Å². The zero-order chi connectivity index (χ0) is 15.4. The number of nitrogens with one attached hydrogen (secondary N) is 1. The van der Waals surface area contributed by atoms with Gasteiger partial charge in [-0.2, -0.15) is 0 Å². The van der Waals surface area contributed by atoms with Gasteiger partial charge >= 0.3 is 0 Å². The summed E-state index contributed by atoms with van der Waals surface area (Å²) in [6, 6.07) is 11.0. The molecule has 0 aliphatic carbocycles. The number of carbonyl (C=O) groups excluding carboxylic acids is 1. The lowest BCUT2D eigenvalue weighted by Gasteiger charge is -2.09. The maximum atomic E-state index is 12.2. The number of hydrogen-bond donors (Lipinski definition) is 1. The topological polar surface area (TPSA) is 38.3 Å². The highest BCUT2D eigenvalue weighted by molar-refractivity contribution is 9.10. The van der Waals surface area contributed by atoms with Gasteiger partial charge in [0.2, 0.25) is 0 Å². The number of aryl methyl sites for hydroxylation is 1. The second kappa shape index (κ2) is 7.09.